The van der Waals surface area contributed by atoms with Crippen LogP contribution in [0.3, 0.4) is 0 Å². The Balaban J connectivity index is 1.87. The number of anilines is 1. The predicted octanol–water partition coefficient (Wildman–Crippen LogP) is 4.70. The largest absolute Gasteiger partial charge is 0.349 e. The van der Waals surface area contributed by atoms with Crippen LogP contribution in [0, 0.1) is 12.8 Å². The quantitative estimate of drug-likeness (QED) is 0.740. The average Bonchev–Trinajstić information content (AvgIpc) is 2.61. The summed E-state index contributed by atoms with van der Waals surface area (Å²) in [6, 6.07) is 7.16. The van der Waals surface area contributed by atoms with Crippen molar-refractivity contribution in [2.24, 2.45) is 5.92 Å². The number of nitrogens with zero attached hydrogens (tertiary/aromatic N) is 2. The maximum absolute atomic E-state index is 5.71. The van der Waals surface area contributed by atoms with Crippen molar-refractivity contribution in [3.63, 3.8) is 0 Å². The standard InChI is InChI=1S/C21H35N3S/c1-6-18-9-7-8-17(4)20(18)22-21(25)24-14-11-19(12-15-24)23(5)13-10-16(2)3/h7-9,16,19H,6,10-15H2,1-5H3,(H,22,25). The van der Waals surface area contributed by atoms with Gasteiger partial charge in [0.15, 0.2) is 5.11 Å². The molecule has 0 aromatic heterocycles. The van der Waals surface area contributed by atoms with Crippen molar-refractivity contribution in [2.75, 3.05) is 32.0 Å². The molecule has 0 bridgehead atoms. The summed E-state index contributed by atoms with van der Waals surface area (Å²) in [6.45, 7) is 12.3. The molecule has 0 radical (unpaired) electrons. The van der Waals surface area contributed by atoms with Gasteiger partial charge in [-0.25, -0.2) is 0 Å². The zero-order valence-electron chi connectivity index (χ0n) is 16.6. The number of piperidine rings is 1. The van der Waals surface area contributed by atoms with Gasteiger partial charge in [0.25, 0.3) is 0 Å². The van der Waals surface area contributed by atoms with Crippen molar-refractivity contribution in [1.29, 1.82) is 0 Å². The third-order valence-corrected chi connectivity index (χ3v) is 5.77. The second kappa shape index (κ2) is 9.54. The summed E-state index contributed by atoms with van der Waals surface area (Å²) in [7, 11) is 2.28. The summed E-state index contributed by atoms with van der Waals surface area (Å²) in [5.41, 5.74) is 3.81. The third-order valence-electron chi connectivity index (χ3n) is 5.41. The fraction of sp³-hybridized carbons (Fsp3) is 0.667. The molecular formula is C21H35N3S. The zero-order valence-corrected chi connectivity index (χ0v) is 17.5. The molecule has 1 fully saturated rings. The van der Waals surface area contributed by atoms with E-state index in [-0.39, 0.29) is 0 Å². The molecule has 3 nitrogen and oxygen atoms in total. The van der Waals surface area contributed by atoms with E-state index < -0.39 is 0 Å². The Morgan fingerprint density at radius 2 is 2.00 bits per heavy atom. The van der Waals surface area contributed by atoms with Crippen molar-refractivity contribution in [1.82, 2.24) is 9.80 Å². The van der Waals surface area contributed by atoms with Crippen molar-refractivity contribution < 1.29 is 0 Å². The van der Waals surface area contributed by atoms with E-state index in [4.69, 9.17) is 12.2 Å². The van der Waals surface area contributed by atoms with Crippen LogP contribution in [0.1, 0.15) is 51.2 Å². The van der Waals surface area contributed by atoms with Crippen LogP contribution in [0.25, 0.3) is 0 Å². The fourth-order valence-corrected chi connectivity index (χ4v) is 3.83. The number of hydrogen-bond donors (Lipinski definition) is 1. The van der Waals surface area contributed by atoms with Gasteiger partial charge in [-0.15, -0.1) is 0 Å². The van der Waals surface area contributed by atoms with Crippen molar-refractivity contribution in [3.8, 4) is 0 Å². The van der Waals surface area contributed by atoms with Gasteiger partial charge in [0.05, 0.1) is 0 Å². The Morgan fingerprint density at radius 1 is 1.32 bits per heavy atom. The Kier molecular flexibility index (Phi) is 7.70. The number of para-hydroxylation sites is 1. The highest BCUT2D eigenvalue weighted by atomic mass is 32.1. The SMILES string of the molecule is CCc1cccc(C)c1NC(=S)N1CCC(N(C)CCC(C)C)CC1. The highest BCUT2D eigenvalue weighted by molar-refractivity contribution is 7.80. The van der Waals surface area contributed by atoms with Crippen LogP contribution < -0.4 is 5.32 Å². The molecule has 1 heterocycles. The van der Waals surface area contributed by atoms with E-state index >= 15 is 0 Å². The number of likely N-dealkylation sites (tertiary alicyclic amines) is 1. The van der Waals surface area contributed by atoms with E-state index in [9.17, 15) is 0 Å². The lowest BCUT2D eigenvalue weighted by atomic mass is 10.0. The van der Waals surface area contributed by atoms with E-state index in [1.54, 1.807) is 0 Å². The topological polar surface area (TPSA) is 18.5 Å². The zero-order chi connectivity index (χ0) is 18.4. The summed E-state index contributed by atoms with van der Waals surface area (Å²) >= 11 is 5.71. The molecule has 1 aliphatic heterocycles. The summed E-state index contributed by atoms with van der Waals surface area (Å²) in [5.74, 6) is 0.779. The van der Waals surface area contributed by atoms with Gasteiger partial charge in [0, 0.05) is 24.8 Å². The molecule has 1 saturated heterocycles. The molecule has 0 amide bonds. The van der Waals surface area contributed by atoms with Gasteiger partial charge in [-0.3, -0.25) is 0 Å². The minimum atomic E-state index is 0.697. The van der Waals surface area contributed by atoms with Gasteiger partial charge in [0.2, 0.25) is 0 Å². The van der Waals surface area contributed by atoms with Gasteiger partial charge >= 0.3 is 0 Å². The van der Waals surface area contributed by atoms with Crippen LogP contribution >= 0.6 is 12.2 Å². The van der Waals surface area contributed by atoms with Gasteiger partial charge in [0.1, 0.15) is 0 Å². The van der Waals surface area contributed by atoms with Crippen LogP contribution in [-0.2, 0) is 6.42 Å². The van der Waals surface area contributed by atoms with Crippen LogP contribution in [0.2, 0.25) is 0 Å². The van der Waals surface area contributed by atoms with Gasteiger partial charge in [-0.05, 0) is 75.5 Å². The van der Waals surface area contributed by atoms with Crippen LogP contribution in [0.5, 0.6) is 0 Å². The molecule has 0 atom stereocenters. The number of hydrogen-bond acceptors (Lipinski definition) is 2. The number of rotatable bonds is 6. The van der Waals surface area contributed by atoms with E-state index in [0.29, 0.717) is 6.04 Å². The molecule has 0 spiro atoms. The molecule has 1 N–H and O–H groups in total. The lowest BCUT2D eigenvalue weighted by molar-refractivity contribution is 0.159. The van der Waals surface area contributed by atoms with E-state index in [1.807, 2.05) is 0 Å². The third kappa shape index (κ3) is 5.68. The second-order valence-corrected chi connectivity index (χ2v) is 8.16. The van der Waals surface area contributed by atoms with Crippen LogP contribution in [0.4, 0.5) is 5.69 Å². The van der Waals surface area contributed by atoms with Crippen molar-refractivity contribution >= 4 is 23.0 Å². The van der Waals surface area contributed by atoms with E-state index in [1.165, 1.54) is 42.6 Å². The van der Waals surface area contributed by atoms with E-state index in [2.05, 4.69) is 68.1 Å². The molecule has 0 unspecified atom stereocenters. The second-order valence-electron chi connectivity index (χ2n) is 7.77. The minimum Gasteiger partial charge on any atom is -0.349 e. The number of aryl methyl sites for hydroxylation is 2. The average molecular weight is 362 g/mol. The fourth-order valence-electron chi connectivity index (χ4n) is 3.54. The molecule has 1 aliphatic rings. The molecule has 0 saturated carbocycles. The summed E-state index contributed by atoms with van der Waals surface area (Å²) in [6.07, 6.45) is 4.70. The normalized spacial score (nSPS) is 15.9. The Morgan fingerprint density at radius 3 is 2.60 bits per heavy atom. The van der Waals surface area contributed by atoms with E-state index in [0.717, 1.165) is 30.5 Å². The Bertz CT molecular complexity index is 562. The monoisotopic (exact) mass is 361 g/mol. The molecule has 25 heavy (non-hydrogen) atoms. The molecule has 4 heteroatoms. The number of benzene rings is 1. The van der Waals surface area contributed by atoms with Crippen LogP contribution in [-0.4, -0.2) is 47.6 Å². The molecule has 1 aromatic carbocycles. The van der Waals surface area contributed by atoms with Gasteiger partial charge in [-0.2, -0.15) is 0 Å². The summed E-state index contributed by atoms with van der Waals surface area (Å²) in [5, 5.41) is 4.41. The number of nitrogens with one attached hydrogen (secondary N) is 1. The highest BCUT2D eigenvalue weighted by Crippen LogP contribution is 2.23. The summed E-state index contributed by atoms with van der Waals surface area (Å²) < 4.78 is 0. The van der Waals surface area contributed by atoms with Crippen LogP contribution in [0.15, 0.2) is 18.2 Å². The smallest absolute Gasteiger partial charge is 0.173 e. The van der Waals surface area contributed by atoms with Crippen molar-refractivity contribution in [3.05, 3.63) is 29.3 Å². The lowest BCUT2D eigenvalue weighted by Gasteiger charge is -2.38. The number of thiocarbonyl (C=S) groups is 1. The van der Waals surface area contributed by atoms with Gasteiger partial charge < -0.3 is 15.1 Å². The maximum Gasteiger partial charge on any atom is 0.173 e. The Hall–Kier alpha value is -1.13. The molecule has 2 rings (SSSR count). The first-order valence-corrected chi connectivity index (χ1v) is 10.2. The highest BCUT2D eigenvalue weighted by Gasteiger charge is 2.24. The predicted molar refractivity (Wildman–Crippen MR) is 113 cm³/mol. The lowest BCUT2D eigenvalue weighted by Crippen LogP contribution is -2.47. The summed E-state index contributed by atoms with van der Waals surface area (Å²) in [4.78, 5) is 4.89. The first-order chi connectivity index (χ1) is 11.9. The first kappa shape index (κ1) is 20.2. The molecular weight excluding hydrogens is 326 g/mol. The molecule has 0 aliphatic carbocycles. The van der Waals surface area contributed by atoms with Crippen molar-refractivity contribution in [2.45, 2.75) is 59.4 Å². The molecule has 140 valence electrons. The Labute approximate surface area is 159 Å². The maximum atomic E-state index is 5.71. The van der Waals surface area contributed by atoms with Gasteiger partial charge in [-0.1, -0.05) is 39.0 Å². The minimum absolute atomic E-state index is 0.697. The molecule has 1 aromatic rings. The first-order valence-electron chi connectivity index (χ1n) is 9.77.